The molecule has 0 saturated heterocycles. The highest BCUT2D eigenvalue weighted by Gasteiger charge is 2.21. The molecule has 0 aromatic carbocycles. The van der Waals surface area contributed by atoms with Crippen LogP contribution in [0.1, 0.15) is 34.1 Å². The molecule has 106 valence electrons. The second-order valence-electron chi connectivity index (χ2n) is 4.93. The van der Waals surface area contributed by atoms with E-state index >= 15 is 0 Å². The lowest BCUT2D eigenvalue weighted by Crippen LogP contribution is -2.27. The third-order valence-electron chi connectivity index (χ3n) is 1.94. The van der Waals surface area contributed by atoms with Crippen LogP contribution in [0.25, 0.3) is 0 Å². The van der Waals surface area contributed by atoms with Crippen molar-refractivity contribution in [3.63, 3.8) is 0 Å². The van der Waals surface area contributed by atoms with Crippen molar-refractivity contribution in [1.29, 1.82) is 0 Å². The van der Waals surface area contributed by atoms with Crippen molar-refractivity contribution in [2.75, 3.05) is 26.6 Å². The first-order valence-electron chi connectivity index (χ1n) is 6.04. The predicted octanol–water partition coefficient (Wildman–Crippen LogP) is 2.46. The molecule has 0 N–H and O–H groups in total. The van der Waals surface area contributed by atoms with Crippen LogP contribution in [-0.2, 0) is 24.0 Å². The summed E-state index contributed by atoms with van der Waals surface area (Å²) in [6.07, 6.45) is 0.891. The van der Waals surface area contributed by atoms with Gasteiger partial charge in [-0.2, -0.15) is 0 Å². The average Bonchev–Trinajstić information content (AvgIpc) is 2.30. The fourth-order valence-electron chi connectivity index (χ4n) is 0.954. The highest BCUT2D eigenvalue weighted by atomic mass is 17.2. The van der Waals surface area contributed by atoms with Gasteiger partial charge in [-0.15, -0.1) is 0 Å². The van der Waals surface area contributed by atoms with Gasteiger partial charge in [0.15, 0.2) is 6.79 Å². The van der Waals surface area contributed by atoms with Crippen LogP contribution in [0.5, 0.6) is 0 Å². The van der Waals surface area contributed by atoms with E-state index in [1.165, 1.54) is 0 Å². The maximum atomic E-state index is 11.2. The molecule has 0 unspecified atom stereocenters. The molecule has 5 nitrogen and oxygen atoms in total. The minimum absolute atomic E-state index is 0.0673. The van der Waals surface area contributed by atoms with E-state index < -0.39 is 0 Å². The van der Waals surface area contributed by atoms with Crippen molar-refractivity contribution in [2.24, 2.45) is 5.41 Å². The molecule has 0 saturated carbocycles. The third-order valence-corrected chi connectivity index (χ3v) is 1.94. The van der Waals surface area contributed by atoms with Gasteiger partial charge >= 0.3 is 5.97 Å². The number of hydrogen-bond acceptors (Lipinski definition) is 5. The van der Waals surface area contributed by atoms with Gasteiger partial charge in [0, 0.05) is 11.0 Å². The molecule has 0 aliphatic rings. The van der Waals surface area contributed by atoms with Crippen molar-refractivity contribution in [1.82, 2.24) is 0 Å². The molecule has 0 aliphatic heterocycles. The smallest absolute Gasteiger partial charge is 0.333 e. The highest BCUT2D eigenvalue weighted by molar-refractivity contribution is 5.86. The Balaban J connectivity index is 3.67. The molecule has 0 spiro atoms. The number of carbonyl (C=O) groups is 1. The minimum atomic E-state index is -0.384. The van der Waals surface area contributed by atoms with E-state index in [2.05, 4.69) is 6.58 Å². The van der Waals surface area contributed by atoms with E-state index in [0.29, 0.717) is 18.8 Å². The van der Waals surface area contributed by atoms with Crippen LogP contribution >= 0.6 is 0 Å². The molecule has 0 bridgehead atoms. The average molecular weight is 260 g/mol. The summed E-state index contributed by atoms with van der Waals surface area (Å²) in [6.45, 7) is 12.3. The quantitative estimate of drug-likeness (QED) is 0.151. The van der Waals surface area contributed by atoms with E-state index in [0.717, 1.165) is 6.42 Å². The molecule has 0 fully saturated rings. The Hall–Kier alpha value is -0.910. The molecule has 5 heteroatoms. The van der Waals surface area contributed by atoms with Crippen molar-refractivity contribution in [3.05, 3.63) is 12.2 Å². The van der Waals surface area contributed by atoms with Crippen LogP contribution in [0.4, 0.5) is 0 Å². The van der Waals surface area contributed by atoms with Crippen LogP contribution in [0, 0.1) is 5.41 Å². The zero-order valence-corrected chi connectivity index (χ0v) is 11.8. The lowest BCUT2D eigenvalue weighted by Gasteiger charge is -2.23. The normalized spacial score (nSPS) is 11.3. The van der Waals surface area contributed by atoms with Crippen molar-refractivity contribution in [3.8, 4) is 0 Å². The Kier molecular flexibility index (Phi) is 8.62. The van der Waals surface area contributed by atoms with Crippen molar-refractivity contribution < 1.29 is 24.0 Å². The minimum Gasteiger partial charge on any atom is -0.462 e. The summed E-state index contributed by atoms with van der Waals surface area (Å²) in [6, 6.07) is 0. The predicted molar refractivity (Wildman–Crippen MR) is 67.7 cm³/mol. The summed E-state index contributed by atoms with van der Waals surface area (Å²) >= 11 is 0. The number of hydrogen-bond donors (Lipinski definition) is 0. The first-order chi connectivity index (χ1) is 8.39. The SMILES string of the molecule is C=C(C)C(=O)OCC(C)(C)COCOOCCC. The van der Waals surface area contributed by atoms with Gasteiger partial charge in [0.05, 0.1) is 19.8 Å². The Morgan fingerprint density at radius 2 is 1.89 bits per heavy atom. The lowest BCUT2D eigenvalue weighted by molar-refractivity contribution is -0.338. The van der Waals surface area contributed by atoms with Gasteiger partial charge in [-0.3, -0.25) is 0 Å². The second kappa shape index (κ2) is 9.08. The summed E-state index contributed by atoms with van der Waals surface area (Å²) in [5.41, 5.74) is 0.113. The molecule has 0 radical (unpaired) electrons. The standard InChI is InChI=1S/C13H24O5/c1-6-7-17-18-10-15-8-13(4,5)9-16-12(14)11(2)3/h2,6-10H2,1,3-5H3. The largest absolute Gasteiger partial charge is 0.462 e. The number of ether oxygens (including phenoxy) is 2. The Bertz CT molecular complexity index is 260. The van der Waals surface area contributed by atoms with Crippen LogP contribution in [-0.4, -0.2) is 32.6 Å². The zero-order valence-electron chi connectivity index (χ0n) is 11.8. The second-order valence-corrected chi connectivity index (χ2v) is 4.93. The summed E-state index contributed by atoms with van der Waals surface area (Å²) in [5.74, 6) is -0.384. The first kappa shape index (κ1) is 17.1. The Morgan fingerprint density at radius 1 is 1.22 bits per heavy atom. The number of esters is 1. The Morgan fingerprint density at radius 3 is 2.44 bits per heavy atom. The fraction of sp³-hybridized carbons (Fsp3) is 0.769. The first-order valence-corrected chi connectivity index (χ1v) is 6.04. The van der Waals surface area contributed by atoms with Gasteiger partial charge in [0.2, 0.25) is 0 Å². The van der Waals surface area contributed by atoms with E-state index in [1.54, 1.807) is 6.92 Å². The third kappa shape index (κ3) is 9.15. The van der Waals surface area contributed by atoms with Gasteiger partial charge in [-0.1, -0.05) is 27.4 Å². The van der Waals surface area contributed by atoms with Gasteiger partial charge in [-0.25, -0.2) is 14.6 Å². The molecule has 0 aromatic rings. The molecule has 0 aromatic heterocycles. The van der Waals surface area contributed by atoms with Gasteiger partial charge in [-0.05, 0) is 13.3 Å². The van der Waals surface area contributed by atoms with Crippen LogP contribution in [0.15, 0.2) is 12.2 Å². The molecule has 0 amide bonds. The number of rotatable bonds is 10. The van der Waals surface area contributed by atoms with E-state index in [-0.39, 0.29) is 24.8 Å². The van der Waals surface area contributed by atoms with Crippen LogP contribution in [0.3, 0.4) is 0 Å². The van der Waals surface area contributed by atoms with Crippen molar-refractivity contribution in [2.45, 2.75) is 34.1 Å². The monoisotopic (exact) mass is 260 g/mol. The van der Waals surface area contributed by atoms with E-state index in [1.807, 2.05) is 20.8 Å². The maximum Gasteiger partial charge on any atom is 0.333 e. The molecule has 0 heterocycles. The maximum absolute atomic E-state index is 11.2. The zero-order chi connectivity index (χ0) is 14.0. The van der Waals surface area contributed by atoms with E-state index in [9.17, 15) is 4.79 Å². The summed E-state index contributed by atoms with van der Waals surface area (Å²) in [7, 11) is 0. The molecule has 0 atom stereocenters. The van der Waals surface area contributed by atoms with Crippen molar-refractivity contribution >= 4 is 5.97 Å². The topological polar surface area (TPSA) is 54.0 Å². The van der Waals surface area contributed by atoms with Crippen LogP contribution < -0.4 is 0 Å². The highest BCUT2D eigenvalue weighted by Crippen LogP contribution is 2.16. The molecular weight excluding hydrogens is 236 g/mol. The fourth-order valence-corrected chi connectivity index (χ4v) is 0.954. The molecule has 0 rings (SSSR count). The lowest BCUT2D eigenvalue weighted by atomic mass is 9.96. The molecule has 0 aliphatic carbocycles. The summed E-state index contributed by atoms with van der Waals surface area (Å²) < 4.78 is 10.4. The van der Waals surface area contributed by atoms with E-state index in [4.69, 9.17) is 19.2 Å². The Labute approximate surface area is 109 Å². The summed E-state index contributed by atoms with van der Waals surface area (Å²) in [5, 5.41) is 0. The molecule has 18 heavy (non-hydrogen) atoms. The van der Waals surface area contributed by atoms with Gasteiger partial charge in [0.1, 0.15) is 0 Å². The van der Waals surface area contributed by atoms with Gasteiger partial charge < -0.3 is 9.47 Å². The van der Waals surface area contributed by atoms with Gasteiger partial charge in [0.25, 0.3) is 0 Å². The number of carbonyl (C=O) groups excluding carboxylic acids is 1. The summed E-state index contributed by atoms with van der Waals surface area (Å²) in [4.78, 5) is 20.8. The van der Waals surface area contributed by atoms with Crippen LogP contribution in [0.2, 0.25) is 0 Å². The molecular formula is C13H24O5.